The second-order valence-corrected chi connectivity index (χ2v) is 7.92. The zero-order valence-electron chi connectivity index (χ0n) is 14.5. The molecule has 25 heavy (non-hydrogen) atoms. The molecular formula is C19H22O6. The van der Waals surface area contributed by atoms with Crippen molar-refractivity contribution in [2.75, 3.05) is 0 Å². The monoisotopic (exact) mass is 346 g/mol. The molecule has 0 amide bonds. The van der Waals surface area contributed by atoms with Crippen LogP contribution in [0.15, 0.2) is 35.1 Å². The summed E-state index contributed by atoms with van der Waals surface area (Å²) in [4.78, 5) is 23.7. The first-order valence-corrected chi connectivity index (χ1v) is 8.63. The van der Waals surface area contributed by atoms with Crippen LogP contribution in [0.2, 0.25) is 0 Å². The molecule has 0 aromatic carbocycles. The molecular weight excluding hydrogens is 324 g/mol. The zero-order chi connectivity index (χ0) is 17.9. The predicted molar refractivity (Wildman–Crippen MR) is 86.8 cm³/mol. The molecule has 5 atom stereocenters. The Kier molecular flexibility index (Phi) is 3.58. The van der Waals surface area contributed by atoms with Crippen LogP contribution in [0.4, 0.5) is 0 Å². The number of carbonyl (C=O) groups is 2. The smallest absolute Gasteiger partial charge is 0.338 e. The van der Waals surface area contributed by atoms with Gasteiger partial charge in [-0.3, -0.25) is 0 Å². The lowest BCUT2D eigenvalue weighted by atomic mass is 9.65. The van der Waals surface area contributed by atoms with Crippen molar-refractivity contribution < 1.29 is 28.9 Å². The van der Waals surface area contributed by atoms with E-state index in [9.17, 15) is 14.7 Å². The summed E-state index contributed by atoms with van der Waals surface area (Å²) in [6.07, 6.45) is 4.88. The van der Waals surface area contributed by atoms with E-state index in [-0.39, 0.29) is 23.4 Å². The zero-order valence-corrected chi connectivity index (χ0v) is 14.5. The Hall–Kier alpha value is -2.08. The van der Waals surface area contributed by atoms with E-state index >= 15 is 0 Å². The van der Waals surface area contributed by atoms with E-state index in [2.05, 4.69) is 13.8 Å². The first kappa shape index (κ1) is 16.4. The molecule has 2 heterocycles. The van der Waals surface area contributed by atoms with Crippen LogP contribution in [0.25, 0.3) is 0 Å². The SMILES string of the molecule is CC1=CC(OC=C2C(=O)OC3C2C=C2C(O)CCC(C)(C)C23)OC1=O. The van der Waals surface area contributed by atoms with E-state index in [1.807, 2.05) is 6.08 Å². The van der Waals surface area contributed by atoms with Crippen molar-refractivity contribution in [3.63, 3.8) is 0 Å². The van der Waals surface area contributed by atoms with Crippen LogP contribution in [0.3, 0.4) is 0 Å². The van der Waals surface area contributed by atoms with Gasteiger partial charge < -0.3 is 19.3 Å². The van der Waals surface area contributed by atoms with E-state index < -0.39 is 24.3 Å². The number of carbonyl (C=O) groups excluding carboxylic acids is 2. The van der Waals surface area contributed by atoms with Gasteiger partial charge in [0, 0.05) is 17.6 Å². The molecule has 1 saturated carbocycles. The number of rotatable bonds is 2. The van der Waals surface area contributed by atoms with Gasteiger partial charge in [0.05, 0.1) is 23.9 Å². The Balaban J connectivity index is 1.59. The van der Waals surface area contributed by atoms with Crippen LogP contribution in [-0.2, 0) is 23.8 Å². The number of aliphatic hydroxyl groups excluding tert-OH is 1. The molecule has 2 fully saturated rings. The fourth-order valence-electron chi connectivity index (χ4n) is 4.42. The Labute approximate surface area is 146 Å². The first-order chi connectivity index (χ1) is 11.8. The normalized spacial score (nSPS) is 40.2. The number of aliphatic hydroxyl groups is 1. The number of esters is 2. The molecule has 1 N–H and O–H groups in total. The van der Waals surface area contributed by atoms with Gasteiger partial charge in [0.15, 0.2) is 0 Å². The molecule has 2 aliphatic carbocycles. The summed E-state index contributed by atoms with van der Waals surface area (Å²) in [6, 6.07) is 0. The van der Waals surface area contributed by atoms with Gasteiger partial charge in [0.25, 0.3) is 6.29 Å². The minimum absolute atomic E-state index is 0.0162. The van der Waals surface area contributed by atoms with Gasteiger partial charge in [0.1, 0.15) is 6.10 Å². The van der Waals surface area contributed by atoms with Gasteiger partial charge in [-0.15, -0.1) is 0 Å². The molecule has 5 unspecified atom stereocenters. The van der Waals surface area contributed by atoms with Crippen molar-refractivity contribution >= 4 is 11.9 Å². The maximum Gasteiger partial charge on any atom is 0.338 e. The summed E-state index contributed by atoms with van der Waals surface area (Å²) in [5, 5.41) is 10.4. The van der Waals surface area contributed by atoms with Crippen molar-refractivity contribution in [1.29, 1.82) is 0 Å². The molecule has 0 aromatic rings. The summed E-state index contributed by atoms with van der Waals surface area (Å²) < 4.78 is 16.1. The second kappa shape index (κ2) is 5.46. The molecule has 0 bridgehead atoms. The average molecular weight is 346 g/mol. The van der Waals surface area contributed by atoms with Gasteiger partial charge in [0.2, 0.25) is 0 Å². The maximum atomic E-state index is 12.3. The molecule has 1 saturated heterocycles. The van der Waals surface area contributed by atoms with Crippen LogP contribution in [-0.4, -0.2) is 35.5 Å². The summed E-state index contributed by atoms with van der Waals surface area (Å²) in [5.74, 6) is -1.05. The first-order valence-electron chi connectivity index (χ1n) is 8.63. The Morgan fingerprint density at radius 1 is 1.24 bits per heavy atom. The average Bonchev–Trinajstić information content (AvgIpc) is 3.15. The van der Waals surface area contributed by atoms with Crippen molar-refractivity contribution in [3.05, 3.63) is 35.1 Å². The summed E-state index contributed by atoms with van der Waals surface area (Å²) in [5.41, 5.74) is 1.81. The van der Waals surface area contributed by atoms with Gasteiger partial charge in [-0.2, -0.15) is 0 Å². The number of hydrogen-bond acceptors (Lipinski definition) is 6. The maximum absolute atomic E-state index is 12.3. The highest BCUT2D eigenvalue weighted by atomic mass is 16.7. The molecule has 0 radical (unpaired) electrons. The topological polar surface area (TPSA) is 82.1 Å². The molecule has 134 valence electrons. The van der Waals surface area contributed by atoms with Gasteiger partial charge >= 0.3 is 11.9 Å². The number of cyclic esters (lactones) is 1. The number of hydrogen-bond donors (Lipinski definition) is 1. The van der Waals surface area contributed by atoms with Crippen molar-refractivity contribution in [3.8, 4) is 0 Å². The third-order valence-electron chi connectivity index (χ3n) is 5.80. The minimum Gasteiger partial charge on any atom is -0.458 e. The summed E-state index contributed by atoms with van der Waals surface area (Å²) in [6.45, 7) is 5.95. The lowest BCUT2D eigenvalue weighted by molar-refractivity contribution is -0.152. The molecule has 4 rings (SSSR count). The Bertz CT molecular complexity index is 728. The molecule has 6 heteroatoms. The summed E-state index contributed by atoms with van der Waals surface area (Å²) in [7, 11) is 0. The van der Waals surface area contributed by atoms with Crippen molar-refractivity contribution in [2.24, 2.45) is 17.3 Å². The molecule has 0 spiro atoms. The van der Waals surface area contributed by atoms with E-state index in [1.54, 1.807) is 13.0 Å². The largest absolute Gasteiger partial charge is 0.458 e. The fraction of sp³-hybridized carbons (Fsp3) is 0.579. The van der Waals surface area contributed by atoms with E-state index in [0.29, 0.717) is 11.1 Å². The summed E-state index contributed by atoms with van der Waals surface area (Å²) >= 11 is 0. The van der Waals surface area contributed by atoms with Crippen LogP contribution in [0.1, 0.15) is 33.6 Å². The number of fused-ring (bicyclic) bond motifs is 3. The van der Waals surface area contributed by atoms with Gasteiger partial charge in [-0.05, 0) is 30.8 Å². The minimum atomic E-state index is -0.815. The fourth-order valence-corrected chi connectivity index (χ4v) is 4.42. The van der Waals surface area contributed by atoms with E-state index in [0.717, 1.165) is 18.4 Å². The van der Waals surface area contributed by atoms with Gasteiger partial charge in [-0.25, -0.2) is 9.59 Å². The lowest BCUT2D eigenvalue weighted by Crippen LogP contribution is -2.41. The predicted octanol–water partition coefficient (Wildman–Crippen LogP) is 1.99. The second-order valence-electron chi connectivity index (χ2n) is 7.92. The molecule has 0 aromatic heterocycles. The third-order valence-corrected chi connectivity index (χ3v) is 5.80. The highest BCUT2D eigenvalue weighted by molar-refractivity contribution is 5.92. The van der Waals surface area contributed by atoms with Crippen LogP contribution >= 0.6 is 0 Å². The number of ether oxygens (including phenoxy) is 3. The van der Waals surface area contributed by atoms with Gasteiger partial charge in [-0.1, -0.05) is 19.9 Å². The molecule has 6 nitrogen and oxygen atoms in total. The highest BCUT2D eigenvalue weighted by Crippen LogP contribution is 2.55. The Morgan fingerprint density at radius 2 is 2.00 bits per heavy atom. The molecule has 4 aliphatic rings. The van der Waals surface area contributed by atoms with Crippen LogP contribution < -0.4 is 0 Å². The lowest BCUT2D eigenvalue weighted by Gasteiger charge is -2.42. The molecule has 2 aliphatic heterocycles. The van der Waals surface area contributed by atoms with Crippen LogP contribution in [0, 0.1) is 17.3 Å². The quantitative estimate of drug-likeness (QED) is 0.356. The van der Waals surface area contributed by atoms with Crippen LogP contribution in [0.5, 0.6) is 0 Å². The standard InChI is InChI=1S/C19H22O6/c1-9-6-14(24-17(9)21)23-8-12-10-7-11-13(20)4-5-19(2,3)15(11)16(10)25-18(12)22/h6-8,10,13-16,20H,4-5H2,1-3H3. The Morgan fingerprint density at radius 3 is 2.68 bits per heavy atom. The van der Waals surface area contributed by atoms with Crippen molar-refractivity contribution in [1.82, 2.24) is 0 Å². The highest BCUT2D eigenvalue weighted by Gasteiger charge is 2.56. The van der Waals surface area contributed by atoms with E-state index in [4.69, 9.17) is 14.2 Å². The van der Waals surface area contributed by atoms with Crippen molar-refractivity contribution in [2.45, 2.75) is 52.1 Å². The third kappa shape index (κ3) is 2.51. The van der Waals surface area contributed by atoms with E-state index in [1.165, 1.54) is 6.26 Å².